The minimum Gasteiger partial charge on any atom is -0.480 e. The van der Waals surface area contributed by atoms with E-state index in [0.717, 1.165) is 0 Å². The SMILES string of the molecule is CCOC(=O)C/C(C)=N\N=C(N)C(C(=O)OCC)=C(O)OCC. The van der Waals surface area contributed by atoms with E-state index in [0.29, 0.717) is 5.71 Å². The number of esters is 2. The molecule has 0 aromatic rings. The van der Waals surface area contributed by atoms with Crippen LogP contribution in [0.3, 0.4) is 0 Å². The fourth-order valence-corrected chi connectivity index (χ4v) is 1.36. The molecule has 0 bridgehead atoms. The van der Waals surface area contributed by atoms with Gasteiger partial charge in [-0.05, 0) is 27.7 Å². The summed E-state index contributed by atoms with van der Waals surface area (Å²) >= 11 is 0. The van der Waals surface area contributed by atoms with Crippen LogP contribution in [-0.2, 0) is 23.8 Å². The summed E-state index contributed by atoms with van der Waals surface area (Å²) in [4.78, 5) is 23.1. The third-order valence-corrected chi connectivity index (χ3v) is 2.26. The number of ether oxygens (including phenoxy) is 3. The van der Waals surface area contributed by atoms with Gasteiger partial charge < -0.3 is 25.1 Å². The van der Waals surface area contributed by atoms with Crippen molar-refractivity contribution in [2.45, 2.75) is 34.1 Å². The highest BCUT2D eigenvalue weighted by molar-refractivity contribution is 6.18. The smallest absolute Gasteiger partial charge is 0.349 e. The van der Waals surface area contributed by atoms with E-state index in [-0.39, 0.29) is 26.2 Å². The molecular formula is C14H23N3O6. The quantitative estimate of drug-likeness (QED) is 0.161. The number of aliphatic hydroxyl groups excluding tert-OH is 1. The highest BCUT2D eigenvalue weighted by Crippen LogP contribution is 2.07. The van der Waals surface area contributed by atoms with E-state index < -0.39 is 29.3 Å². The molecule has 0 aliphatic rings. The van der Waals surface area contributed by atoms with Gasteiger partial charge in [0.15, 0.2) is 11.4 Å². The van der Waals surface area contributed by atoms with Gasteiger partial charge in [0, 0.05) is 5.71 Å². The summed E-state index contributed by atoms with van der Waals surface area (Å²) in [6, 6.07) is 0. The number of carbonyl (C=O) groups is 2. The molecular weight excluding hydrogens is 306 g/mol. The third kappa shape index (κ3) is 7.84. The zero-order valence-corrected chi connectivity index (χ0v) is 13.8. The van der Waals surface area contributed by atoms with Gasteiger partial charge in [0.25, 0.3) is 5.95 Å². The van der Waals surface area contributed by atoms with Crippen LogP contribution in [0.15, 0.2) is 21.7 Å². The molecule has 23 heavy (non-hydrogen) atoms. The number of nitrogens with zero attached hydrogens (tertiary/aromatic N) is 2. The lowest BCUT2D eigenvalue weighted by molar-refractivity contribution is -0.141. The van der Waals surface area contributed by atoms with Crippen molar-refractivity contribution in [3.05, 3.63) is 11.5 Å². The number of carbonyl (C=O) groups excluding carboxylic acids is 2. The van der Waals surface area contributed by atoms with Crippen molar-refractivity contribution >= 4 is 23.5 Å². The van der Waals surface area contributed by atoms with E-state index in [1.165, 1.54) is 0 Å². The molecule has 0 spiro atoms. The van der Waals surface area contributed by atoms with Crippen LogP contribution in [-0.4, -0.2) is 48.4 Å². The first-order valence-corrected chi connectivity index (χ1v) is 7.12. The van der Waals surface area contributed by atoms with Crippen molar-refractivity contribution in [2.24, 2.45) is 15.9 Å². The first kappa shape index (κ1) is 20.4. The maximum atomic E-state index is 11.8. The predicted molar refractivity (Wildman–Crippen MR) is 83.9 cm³/mol. The summed E-state index contributed by atoms with van der Waals surface area (Å²) in [6.45, 7) is 6.91. The molecule has 9 nitrogen and oxygen atoms in total. The Bertz CT molecular complexity index is 511. The summed E-state index contributed by atoms with van der Waals surface area (Å²) in [6.07, 6.45) is -0.0689. The Hall–Kier alpha value is -2.58. The average Bonchev–Trinajstić information content (AvgIpc) is 2.46. The highest BCUT2D eigenvalue weighted by Gasteiger charge is 2.22. The molecule has 0 rings (SSSR count). The number of aliphatic hydroxyl groups is 1. The molecule has 0 aromatic carbocycles. The van der Waals surface area contributed by atoms with Gasteiger partial charge in [-0.15, -0.1) is 5.10 Å². The molecule has 0 aromatic heterocycles. The van der Waals surface area contributed by atoms with Crippen molar-refractivity contribution in [1.29, 1.82) is 0 Å². The maximum Gasteiger partial charge on any atom is 0.349 e. The van der Waals surface area contributed by atoms with E-state index >= 15 is 0 Å². The van der Waals surface area contributed by atoms with Crippen LogP contribution in [0.25, 0.3) is 0 Å². The average molecular weight is 329 g/mol. The molecule has 0 amide bonds. The molecule has 0 atom stereocenters. The highest BCUT2D eigenvalue weighted by atomic mass is 16.6. The maximum absolute atomic E-state index is 11.8. The van der Waals surface area contributed by atoms with E-state index in [1.54, 1.807) is 27.7 Å². The number of hydrogen-bond donors (Lipinski definition) is 2. The summed E-state index contributed by atoms with van der Waals surface area (Å²) in [5.41, 5.74) is 5.54. The van der Waals surface area contributed by atoms with E-state index in [1.807, 2.05) is 0 Å². The molecule has 0 saturated carbocycles. The van der Waals surface area contributed by atoms with Gasteiger partial charge >= 0.3 is 11.9 Å². The zero-order chi connectivity index (χ0) is 17.8. The minimum atomic E-state index is -0.891. The third-order valence-electron chi connectivity index (χ3n) is 2.26. The van der Waals surface area contributed by atoms with Gasteiger partial charge in [-0.2, -0.15) is 5.10 Å². The van der Waals surface area contributed by atoms with Crippen LogP contribution < -0.4 is 5.73 Å². The van der Waals surface area contributed by atoms with Crippen LogP contribution in [0.5, 0.6) is 0 Å². The number of nitrogens with two attached hydrogens (primary N) is 1. The molecule has 9 heteroatoms. The van der Waals surface area contributed by atoms with Gasteiger partial charge in [-0.25, -0.2) is 4.79 Å². The van der Waals surface area contributed by atoms with Crippen LogP contribution in [0, 0.1) is 0 Å². The molecule has 0 radical (unpaired) electrons. The van der Waals surface area contributed by atoms with E-state index in [9.17, 15) is 14.7 Å². The summed E-state index contributed by atoms with van der Waals surface area (Å²) in [5.74, 6) is -2.44. The lowest BCUT2D eigenvalue weighted by Gasteiger charge is -2.08. The fraction of sp³-hybridized carbons (Fsp3) is 0.571. The van der Waals surface area contributed by atoms with Gasteiger partial charge in [0.2, 0.25) is 0 Å². The Kier molecular flexibility index (Phi) is 9.81. The number of amidine groups is 1. The van der Waals surface area contributed by atoms with Crippen molar-refractivity contribution < 1.29 is 28.9 Å². The molecule has 0 unspecified atom stereocenters. The van der Waals surface area contributed by atoms with Gasteiger partial charge in [-0.1, -0.05) is 0 Å². The van der Waals surface area contributed by atoms with Gasteiger partial charge in [-0.3, -0.25) is 4.79 Å². The monoisotopic (exact) mass is 329 g/mol. The predicted octanol–water partition coefficient (Wildman–Crippen LogP) is 1.04. The minimum absolute atomic E-state index is 0.0689. The molecule has 0 aliphatic heterocycles. The first-order valence-electron chi connectivity index (χ1n) is 7.12. The summed E-state index contributed by atoms with van der Waals surface area (Å²) in [7, 11) is 0. The standard InChI is InChI=1S/C14H23N3O6/c1-5-21-10(18)8-9(4)16-17-12(15)11(13(19)22-6-2)14(20)23-7-3/h19H,5-8H2,1-4H3,(H2,15,17)/b13-11?,16-9-. The van der Waals surface area contributed by atoms with Crippen molar-refractivity contribution in [3.8, 4) is 0 Å². The molecule has 0 fully saturated rings. The van der Waals surface area contributed by atoms with Crippen LogP contribution in [0.1, 0.15) is 34.1 Å². The van der Waals surface area contributed by atoms with E-state index in [2.05, 4.69) is 10.2 Å². The second-order valence-corrected chi connectivity index (χ2v) is 4.14. The Morgan fingerprint density at radius 2 is 1.57 bits per heavy atom. The van der Waals surface area contributed by atoms with Gasteiger partial charge in [0.05, 0.1) is 26.2 Å². The molecule has 0 aliphatic carbocycles. The number of rotatable bonds is 9. The normalized spacial score (nSPS) is 13.2. The fourth-order valence-electron chi connectivity index (χ4n) is 1.36. The number of hydrogen-bond acceptors (Lipinski definition) is 8. The Labute approximate surface area is 134 Å². The second-order valence-electron chi connectivity index (χ2n) is 4.14. The summed E-state index contributed by atoms with van der Waals surface area (Å²) in [5, 5.41) is 17.1. The largest absolute Gasteiger partial charge is 0.480 e. The molecule has 0 saturated heterocycles. The lowest BCUT2D eigenvalue weighted by atomic mass is 10.2. The zero-order valence-electron chi connectivity index (χ0n) is 13.8. The van der Waals surface area contributed by atoms with Crippen LogP contribution in [0.2, 0.25) is 0 Å². The van der Waals surface area contributed by atoms with Crippen molar-refractivity contribution in [2.75, 3.05) is 19.8 Å². The Morgan fingerprint density at radius 1 is 1.00 bits per heavy atom. The van der Waals surface area contributed by atoms with E-state index in [4.69, 9.17) is 19.9 Å². The topological polar surface area (TPSA) is 133 Å². The lowest BCUT2D eigenvalue weighted by Crippen LogP contribution is -2.25. The van der Waals surface area contributed by atoms with Gasteiger partial charge in [0.1, 0.15) is 0 Å². The summed E-state index contributed by atoms with van der Waals surface area (Å²) < 4.78 is 14.4. The van der Waals surface area contributed by atoms with Crippen LogP contribution in [0.4, 0.5) is 0 Å². The van der Waals surface area contributed by atoms with Crippen molar-refractivity contribution in [1.82, 2.24) is 0 Å². The first-order chi connectivity index (χ1) is 10.9. The van der Waals surface area contributed by atoms with Crippen molar-refractivity contribution in [3.63, 3.8) is 0 Å². The van der Waals surface area contributed by atoms with Crippen LogP contribution >= 0.6 is 0 Å². The molecule has 0 heterocycles. The Balaban J connectivity index is 5.28. The molecule has 3 N–H and O–H groups in total. The Morgan fingerprint density at radius 3 is 2.09 bits per heavy atom. The second kappa shape index (κ2) is 11.0. The molecule has 130 valence electrons.